The normalized spacial score (nSPS) is 23.7. The summed E-state index contributed by atoms with van der Waals surface area (Å²) in [6, 6.07) is 4.49. The average molecular weight is 301 g/mol. The molecular formula is C13H19NO3S2. The lowest BCUT2D eigenvalue weighted by molar-refractivity contribution is 0.319. The van der Waals surface area contributed by atoms with Crippen molar-refractivity contribution >= 4 is 21.6 Å². The van der Waals surface area contributed by atoms with Crippen LogP contribution in [0.25, 0.3) is 0 Å². The van der Waals surface area contributed by atoms with Crippen LogP contribution in [0.15, 0.2) is 23.1 Å². The zero-order valence-electron chi connectivity index (χ0n) is 11.5. The van der Waals surface area contributed by atoms with Crippen LogP contribution in [-0.4, -0.2) is 43.0 Å². The molecule has 2 rings (SSSR count). The summed E-state index contributed by atoms with van der Waals surface area (Å²) < 4.78 is 23.3. The first-order valence-corrected chi connectivity index (χ1v) is 8.78. The van der Waals surface area contributed by atoms with Gasteiger partial charge in [0.1, 0.15) is 5.75 Å². The van der Waals surface area contributed by atoms with Crippen molar-refractivity contribution in [2.24, 2.45) is 0 Å². The molecule has 0 amide bonds. The molecule has 0 saturated carbocycles. The Hall–Kier alpha value is -0.720. The Morgan fingerprint density at radius 1 is 1.42 bits per heavy atom. The third kappa shape index (κ3) is 3.07. The third-order valence-electron chi connectivity index (χ3n) is 3.15. The van der Waals surface area contributed by atoms with Crippen LogP contribution in [-0.2, 0) is 9.84 Å². The molecule has 1 fully saturated rings. The van der Waals surface area contributed by atoms with E-state index in [2.05, 4.69) is 18.7 Å². The van der Waals surface area contributed by atoms with Crippen molar-refractivity contribution < 1.29 is 13.5 Å². The average Bonchev–Trinajstić information content (AvgIpc) is 2.51. The van der Waals surface area contributed by atoms with Gasteiger partial charge in [-0.05, 0) is 39.1 Å². The molecule has 1 unspecified atom stereocenters. The maximum Gasteiger partial charge on any atom is 0.175 e. The quantitative estimate of drug-likeness (QED) is 0.908. The van der Waals surface area contributed by atoms with Gasteiger partial charge < -0.3 is 5.11 Å². The van der Waals surface area contributed by atoms with Gasteiger partial charge in [-0.15, -0.1) is 11.8 Å². The monoisotopic (exact) mass is 301 g/mol. The first-order chi connectivity index (χ1) is 8.60. The van der Waals surface area contributed by atoms with Gasteiger partial charge in [0, 0.05) is 23.1 Å². The van der Waals surface area contributed by atoms with Crippen molar-refractivity contribution in [1.29, 1.82) is 0 Å². The molecule has 0 spiro atoms. The number of aromatic hydroxyl groups is 1. The molecule has 1 aliphatic heterocycles. The van der Waals surface area contributed by atoms with Crippen LogP contribution in [0.1, 0.15) is 24.8 Å². The highest BCUT2D eigenvalue weighted by atomic mass is 32.2. The standard InChI is InChI=1S/C13H19NO3S2/c1-13(2)8-14(3)12(18-13)10-7-9(19(4,16)17)5-6-11(10)15/h5-7,12,15H,8H2,1-4H3. The smallest absolute Gasteiger partial charge is 0.175 e. The van der Waals surface area contributed by atoms with E-state index in [0.29, 0.717) is 5.56 Å². The van der Waals surface area contributed by atoms with Crippen molar-refractivity contribution in [1.82, 2.24) is 4.90 Å². The number of phenolic OH excluding ortho intramolecular Hbond substituents is 1. The van der Waals surface area contributed by atoms with Gasteiger partial charge in [0.05, 0.1) is 10.3 Å². The molecule has 1 N–H and O–H groups in total. The molecular weight excluding hydrogens is 282 g/mol. The molecule has 6 heteroatoms. The van der Waals surface area contributed by atoms with Gasteiger partial charge in [-0.25, -0.2) is 8.42 Å². The predicted molar refractivity (Wildman–Crippen MR) is 78.3 cm³/mol. The van der Waals surface area contributed by atoms with E-state index in [1.165, 1.54) is 18.4 Å². The van der Waals surface area contributed by atoms with E-state index in [9.17, 15) is 13.5 Å². The molecule has 0 aromatic heterocycles. The molecule has 0 bridgehead atoms. The minimum Gasteiger partial charge on any atom is -0.508 e. The van der Waals surface area contributed by atoms with Crippen molar-refractivity contribution in [3.05, 3.63) is 23.8 Å². The highest BCUT2D eigenvalue weighted by Gasteiger charge is 2.38. The SMILES string of the molecule is CN1CC(C)(C)SC1c1cc(S(C)(=O)=O)ccc1O. The van der Waals surface area contributed by atoms with Crippen molar-refractivity contribution in [2.45, 2.75) is 28.9 Å². The van der Waals surface area contributed by atoms with E-state index >= 15 is 0 Å². The van der Waals surface area contributed by atoms with E-state index in [-0.39, 0.29) is 20.8 Å². The fraction of sp³-hybridized carbons (Fsp3) is 0.538. The summed E-state index contributed by atoms with van der Waals surface area (Å²) >= 11 is 1.73. The molecule has 4 nitrogen and oxygen atoms in total. The van der Waals surface area contributed by atoms with Gasteiger partial charge in [0.25, 0.3) is 0 Å². The molecule has 1 atom stereocenters. The summed E-state index contributed by atoms with van der Waals surface area (Å²) in [6.45, 7) is 5.18. The number of nitrogens with zero attached hydrogens (tertiary/aromatic N) is 1. The number of benzene rings is 1. The molecule has 1 aromatic rings. The van der Waals surface area contributed by atoms with Crippen LogP contribution in [0, 0.1) is 0 Å². The van der Waals surface area contributed by atoms with Gasteiger partial charge in [0.15, 0.2) is 9.84 Å². The van der Waals surface area contributed by atoms with Gasteiger partial charge in [-0.2, -0.15) is 0 Å². The molecule has 1 aliphatic rings. The van der Waals surface area contributed by atoms with E-state index in [1.54, 1.807) is 17.8 Å². The van der Waals surface area contributed by atoms with Crippen molar-refractivity contribution in [3.63, 3.8) is 0 Å². The minimum atomic E-state index is -3.26. The highest BCUT2D eigenvalue weighted by molar-refractivity contribution is 8.01. The Morgan fingerprint density at radius 3 is 2.53 bits per heavy atom. The van der Waals surface area contributed by atoms with Crippen molar-refractivity contribution in [3.8, 4) is 5.75 Å². The van der Waals surface area contributed by atoms with Crippen LogP contribution in [0.3, 0.4) is 0 Å². The largest absolute Gasteiger partial charge is 0.508 e. The third-order valence-corrected chi connectivity index (χ3v) is 5.87. The van der Waals surface area contributed by atoms with Crippen LogP contribution in [0.4, 0.5) is 0 Å². The van der Waals surface area contributed by atoms with Gasteiger partial charge in [-0.3, -0.25) is 4.90 Å². The number of rotatable bonds is 2. The first kappa shape index (κ1) is 14.7. The predicted octanol–water partition coefficient (Wildman–Crippen LogP) is 2.25. The molecule has 1 aromatic carbocycles. The Kier molecular flexibility index (Phi) is 3.62. The minimum absolute atomic E-state index is 0.0169. The number of hydrogen-bond donors (Lipinski definition) is 1. The van der Waals surface area contributed by atoms with Crippen LogP contribution in [0.2, 0.25) is 0 Å². The number of sulfone groups is 1. The van der Waals surface area contributed by atoms with Gasteiger partial charge in [0.2, 0.25) is 0 Å². The summed E-state index contributed by atoms with van der Waals surface area (Å²) in [5.41, 5.74) is 0.668. The molecule has 1 heterocycles. The Balaban J connectivity index is 2.46. The summed E-state index contributed by atoms with van der Waals surface area (Å²) in [6.07, 6.45) is 1.18. The first-order valence-electron chi connectivity index (χ1n) is 6.01. The maximum absolute atomic E-state index is 11.6. The Bertz CT molecular complexity index is 596. The van der Waals surface area contributed by atoms with Gasteiger partial charge in [-0.1, -0.05) is 0 Å². The highest BCUT2D eigenvalue weighted by Crippen LogP contribution is 2.49. The second kappa shape index (κ2) is 4.68. The molecule has 19 heavy (non-hydrogen) atoms. The summed E-state index contributed by atoms with van der Waals surface area (Å²) in [4.78, 5) is 2.38. The fourth-order valence-electron chi connectivity index (χ4n) is 2.37. The van der Waals surface area contributed by atoms with E-state index in [0.717, 1.165) is 6.54 Å². The second-order valence-corrected chi connectivity index (χ2v) is 9.44. The fourth-order valence-corrected chi connectivity index (χ4v) is 4.48. The molecule has 106 valence electrons. The summed E-state index contributed by atoms with van der Waals surface area (Å²) in [5, 5.41) is 10.00. The van der Waals surface area contributed by atoms with E-state index in [1.807, 2.05) is 7.05 Å². The topological polar surface area (TPSA) is 57.6 Å². The maximum atomic E-state index is 11.6. The second-order valence-electron chi connectivity index (χ2n) is 5.64. The van der Waals surface area contributed by atoms with E-state index in [4.69, 9.17) is 0 Å². The Morgan fingerprint density at radius 2 is 2.05 bits per heavy atom. The lowest BCUT2D eigenvalue weighted by Crippen LogP contribution is -2.24. The summed E-state index contributed by atoms with van der Waals surface area (Å²) in [5.74, 6) is 0.148. The molecule has 1 saturated heterocycles. The number of hydrogen-bond acceptors (Lipinski definition) is 5. The number of phenols is 1. The van der Waals surface area contributed by atoms with Crippen LogP contribution >= 0.6 is 11.8 Å². The Labute approximate surface area is 118 Å². The summed E-state index contributed by atoms with van der Waals surface area (Å²) in [7, 11) is -1.27. The van der Waals surface area contributed by atoms with Gasteiger partial charge >= 0.3 is 0 Å². The molecule has 0 radical (unpaired) electrons. The van der Waals surface area contributed by atoms with Crippen molar-refractivity contribution in [2.75, 3.05) is 19.8 Å². The lowest BCUT2D eigenvalue weighted by atomic mass is 10.1. The molecule has 0 aliphatic carbocycles. The number of thioether (sulfide) groups is 1. The van der Waals surface area contributed by atoms with E-state index < -0.39 is 9.84 Å². The van der Waals surface area contributed by atoms with Crippen LogP contribution < -0.4 is 0 Å². The zero-order valence-corrected chi connectivity index (χ0v) is 13.2. The lowest BCUT2D eigenvalue weighted by Gasteiger charge is -2.20. The zero-order chi connectivity index (χ0) is 14.4. The van der Waals surface area contributed by atoms with Crippen LogP contribution in [0.5, 0.6) is 5.75 Å².